The van der Waals surface area contributed by atoms with Crippen LogP contribution in [-0.2, 0) is 0 Å². The number of benzene rings is 10. The van der Waals surface area contributed by atoms with Crippen LogP contribution < -0.4 is 55.8 Å². The summed E-state index contributed by atoms with van der Waals surface area (Å²) >= 11 is 0. The van der Waals surface area contributed by atoms with E-state index in [0.29, 0.717) is 84.5 Å². The fourth-order valence-corrected chi connectivity index (χ4v) is 12.1. The molecule has 0 aliphatic heterocycles. The average molecular weight is 1720 g/mol. The summed E-state index contributed by atoms with van der Waals surface area (Å²) in [5, 5.41) is 13.4. The van der Waals surface area contributed by atoms with Gasteiger partial charge >= 0.3 is 0 Å². The highest BCUT2D eigenvalue weighted by atomic mass is 19.2. The highest BCUT2D eigenvalue weighted by Crippen LogP contribution is 2.34. The number of nitrogens with zero attached hydrogens (tertiary/aromatic N) is 15. The van der Waals surface area contributed by atoms with Crippen molar-refractivity contribution in [3.8, 4) is 30.4 Å². The van der Waals surface area contributed by atoms with Crippen LogP contribution in [0.15, 0.2) is 306 Å². The fourth-order valence-electron chi connectivity index (χ4n) is 12.1. The highest BCUT2D eigenvalue weighted by molar-refractivity contribution is 6.08. The van der Waals surface area contributed by atoms with E-state index in [2.05, 4.69) is 88.3 Å². The summed E-state index contributed by atoms with van der Waals surface area (Å²) in [5.74, 6) is 0.164. The first-order valence-electron chi connectivity index (χ1n) is 38.7. The van der Waals surface area contributed by atoms with E-state index in [-0.39, 0.29) is 40.5 Å². The predicted molar refractivity (Wildman–Crippen MR) is 486 cm³/mol. The van der Waals surface area contributed by atoms with Gasteiger partial charge in [0.15, 0.2) is 11.6 Å². The summed E-state index contributed by atoms with van der Waals surface area (Å²) in [6, 6.07) is 57.6. The molecule has 0 saturated carbocycles. The number of methoxy groups -OCH3 is 1. The van der Waals surface area contributed by atoms with Crippen LogP contribution in [0.25, 0.3) is 0 Å². The molecule has 15 rings (SSSR count). The van der Waals surface area contributed by atoms with Crippen LogP contribution in [0.2, 0.25) is 0 Å². The van der Waals surface area contributed by atoms with Crippen LogP contribution in [0, 0.1) is 67.6 Å². The molecule has 0 atom stereocenters. The first-order valence-corrected chi connectivity index (χ1v) is 38.7. The van der Waals surface area contributed by atoms with Gasteiger partial charge in [-0.15, -0.1) is 12.8 Å². The standard InChI is InChI=1S/C20H14F2N4O.C20H15FN4O.2C19H17FN4O.C19H18N4O2/c1-3-13-5-4-6-14(7-13)20(27)25-15-8-17(21)19(22)18(9-15)26(2)16-10-23-12-24-11-16;1-3-14-5-4-6-15(9-14)20(26)24-19-10-16(7-8-18(19)21)25(2)17-11-22-13-23-12-17;1-13-4-3-5-14(6-13)19(25)23-16-7-15(20)8-17(9-16)24(2)18-10-21-12-22-11-18;1-13-4-3-5-14(8-13)19(25)23-18-9-15(6-7-17(18)20)24(2)16-10-21-12-22-11-16;1-23(17-11-20-13-21-12-17)16-7-4-6-15(10-16)22-19(24)14-5-3-8-18(9-14)25-2/h1,4-12H,2H3,(H,25,27);1,4-13H,2H3,(H,24,26);2*3-12H,1-2H3,(H,23,25);3-13H,1-2H3,(H,22,24). The molecule has 5 amide bonds. The van der Waals surface area contributed by atoms with Gasteiger partial charge < -0.3 is 55.8 Å². The molecule has 0 fully saturated rings. The van der Waals surface area contributed by atoms with Gasteiger partial charge in [-0.25, -0.2) is 71.8 Å². The molecule has 31 heteroatoms. The maximum Gasteiger partial charge on any atom is 0.255 e. The van der Waals surface area contributed by atoms with Crippen molar-refractivity contribution >= 4 is 115 Å². The van der Waals surface area contributed by atoms with Gasteiger partial charge in [0.05, 0.1) is 115 Å². The summed E-state index contributed by atoms with van der Waals surface area (Å²) in [5.41, 5.74) is 13.0. The number of hydrogen-bond donors (Lipinski definition) is 5. The molecular formula is C97H81F5N20O6. The Balaban J connectivity index is 0.000000155. The topological polar surface area (TPSA) is 300 Å². The molecule has 26 nitrogen and oxygen atoms in total. The van der Waals surface area contributed by atoms with Crippen LogP contribution in [0.3, 0.4) is 0 Å². The molecule has 0 aliphatic rings. The molecular weight excluding hydrogens is 1640 g/mol. The maximum absolute atomic E-state index is 14.3. The summed E-state index contributed by atoms with van der Waals surface area (Å²) < 4.78 is 75.8. The summed E-state index contributed by atoms with van der Waals surface area (Å²) in [7, 11) is 10.4. The van der Waals surface area contributed by atoms with E-state index >= 15 is 0 Å². The molecule has 5 aromatic heterocycles. The number of rotatable bonds is 21. The second-order valence-electron chi connectivity index (χ2n) is 27.8. The van der Waals surface area contributed by atoms with Crippen LogP contribution in [-0.4, -0.2) is 122 Å². The maximum atomic E-state index is 14.3. The Labute approximate surface area is 734 Å². The zero-order valence-corrected chi connectivity index (χ0v) is 70.1. The third-order valence-corrected chi connectivity index (χ3v) is 19.0. The molecule has 0 aliphatic carbocycles. The Morgan fingerprint density at radius 2 is 0.648 bits per heavy atom. The van der Waals surface area contributed by atoms with Gasteiger partial charge in [0.2, 0.25) is 0 Å². The molecule has 15 aromatic rings. The van der Waals surface area contributed by atoms with Crippen molar-refractivity contribution in [1.82, 2.24) is 49.8 Å². The number of aromatic nitrogens is 10. The van der Waals surface area contributed by atoms with Gasteiger partial charge in [0, 0.05) is 120 Å². The molecule has 128 heavy (non-hydrogen) atoms. The monoisotopic (exact) mass is 1720 g/mol. The lowest BCUT2D eigenvalue weighted by Gasteiger charge is -2.20. The summed E-state index contributed by atoms with van der Waals surface area (Å²) in [6.45, 7) is 3.81. The Kier molecular flexibility index (Phi) is 31.6. The Morgan fingerprint density at radius 1 is 0.312 bits per heavy atom. The van der Waals surface area contributed by atoms with Crippen LogP contribution in [0.4, 0.5) is 107 Å². The normalized spacial score (nSPS) is 10.2. The summed E-state index contributed by atoms with van der Waals surface area (Å²) in [6.07, 6.45) is 34.0. The van der Waals surface area contributed by atoms with Gasteiger partial charge in [0.25, 0.3) is 29.5 Å². The minimum absolute atomic E-state index is 0.0716. The smallest absolute Gasteiger partial charge is 0.255 e. The van der Waals surface area contributed by atoms with E-state index in [1.165, 1.54) is 85.3 Å². The first kappa shape index (κ1) is 91.3. The van der Waals surface area contributed by atoms with Crippen LogP contribution >= 0.6 is 0 Å². The third kappa shape index (κ3) is 25.3. The highest BCUT2D eigenvalue weighted by Gasteiger charge is 2.21. The van der Waals surface area contributed by atoms with Crippen LogP contribution in [0.5, 0.6) is 5.75 Å². The van der Waals surface area contributed by atoms with E-state index in [1.54, 1.807) is 215 Å². The molecule has 5 heterocycles. The Morgan fingerprint density at radius 3 is 1.05 bits per heavy atom. The number of ether oxygens (including phenoxy) is 1. The number of amides is 5. The lowest BCUT2D eigenvalue weighted by atomic mass is 10.1. The molecule has 0 spiro atoms. The van der Waals surface area contributed by atoms with E-state index in [0.717, 1.165) is 39.9 Å². The van der Waals surface area contributed by atoms with Crippen molar-refractivity contribution in [3.05, 3.63) is 385 Å². The molecule has 0 radical (unpaired) electrons. The van der Waals surface area contributed by atoms with E-state index < -0.39 is 40.9 Å². The van der Waals surface area contributed by atoms with Gasteiger partial charge in [0.1, 0.15) is 54.8 Å². The minimum atomic E-state index is -1.09. The second kappa shape index (κ2) is 44.4. The van der Waals surface area contributed by atoms with Crippen molar-refractivity contribution in [3.63, 3.8) is 0 Å². The molecule has 0 bridgehead atoms. The number of anilines is 15. The number of terminal acetylenes is 2. The molecule has 0 saturated heterocycles. The zero-order chi connectivity index (χ0) is 91.2. The van der Waals surface area contributed by atoms with Gasteiger partial charge in [-0.3, -0.25) is 24.0 Å². The lowest BCUT2D eigenvalue weighted by Crippen LogP contribution is -2.16. The SMILES string of the molecule is C#Cc1cccc(C(=O)Nc2cc(F)c(F)c(N(C)c3cncnc3)c2)c1.C#Cc1cccc(C(=O)Nc2cc(N(C)c3cncnc3)ccc2F)c1.COc1cccc(C(=O)Nc2cccc(N(C)c3cncnc3)c2)c1.Cc1cccc(C(=O)Nc2cc(F)cc(N(C)c3cncnc3)c2)c1.Cc1cccc(C(=O)Nc2cc(N(C)c3cncnc3)ccc2F)c1. The number of carbonyl (C=O) groups excluding carboxylic acids is 5. The van der Waals surface area contributed by atoms with Gasteiger partial charge in [-0.1, -0.05) is 71.5 Å². The summed E-state index contributed by atoms with van der Waals surface area (Å²) in [4.78, 5) is 110. The number of nitrogens with one attached hydrogen (secondary N) is 5. The Bertz CT molecular complexity index is 6490. The number of halogens is 5. The Hall–Kier alpha value is -17.5. The second-order valence-corrected chi connectivity index (χ2v) is 27.8. The van der Waals surface area contributed by atoms with Gasteiger partial charge in [-0.2, -0.15) is 0 Å². The average Bonchev–Trinajstić information content (AvgIpc) is 0.805. The van der Waals surface area contributed by atoms with Crippen molar-refractivity contribution < 1.29 is 50.7 Å². The predicted octanol–water partition coefficient (Wildman–Crippen LogP) is 18.8. The van der Waals surface area contributed by atoms with E-state index in [1.807, 2.05) is 80.2 Å². The molecule has 0 unspecified atom stereocenters. The first-order chi connectivity index (χ1) is 61.8. The molecule has 640 valence electrons. The van der Waals surface area contributed by atoms with Crippen molar-refractivity contribution in [2.75, 3.05) is 93.4 Å². The van der Waals surface area contributed by atoms with E-state index in [9.17, 15) is 45.9 Å². The number of hydrogen-bond acceptors (Lipinski definition) is 21. The number of carbonyl (C=O) groups is 5. The zero-order valence-electron chi connectivity index (χ0n) is 70.1. The molecule has 10 aromatic carbocycles. The van der Waals surface area contributed by atoms with Crippen molar-refractivity contribution in [2.24, 2.45) is 0 Å². The number of aryl methyl sites for hydroxylation is 2. The third-order valence-electron chi connectivity index (χ3n) is 19.0. The van der Waals surface area contributed by atoms with Gasteiger partial charge in [-0.05, 0) is 172 Å². The molecule has 5 N–H and O–H groups in total. The quantitative estimate of drug-likeness (QED) is 0.0330. The van der Waals surface area contributed by atoms with Crippen LogP contribution in [0.1, 0.15) is 74.0 Å². The largest absolute Gasteiger partial charge is 0.497 e. The lowest BCUT2D eigenvalue weighted by molar-refractivity contribution is 0.101. The fraction of sp³-hybridized carbons (Fsp3) is 0.0825. The van der Waals surface area contributed by atoms with Crippen molar-refractivity contribution in [1.29, 1.82) is 0 Å². The van der Waals surface area contributed by atoms with Crippen molar-refractivity contribution in [2.45, 2.75) is 13.8 Å². The van der Waals surface area contributed by atoms with E-state index in [4.69, 9.17) is 17.6 Å². The minimum Gasteiger partial charge on any atom is -0.497 e.